The molecular weight excluding hydrogens is 320 g/mol. The molecule has 2 aliphatic rings. The Morgan fingerprint density at radius 1 is 1.32 bits per heavy atom. The summed E-state index contributed by atoms with van der Waals surface area (Å²) in [4.78, 5) is 22.9. The number of aromatic nitrogens is 4. The fourth-order valence-corrected chi connectivity index (χ4v) is 3.76. The largest absolute Gasteiger partial charge is 0.363 e. The summed E-state index contributed by atoms with van der Waals surface area (Å²) in [6.45, 7) is 1.87. The number of hydrogen-bond donors (Lipinski definition) is 1. The quantitative estimate of drug-likeness (QED) is 0.891. The lowest BCUT2D eigenvalue weighted by Gasteiger charge is -2.35. The number of amides is 1. The Balaban J connectivity index is 1.34. The Morgan fingerprint density at radius 2 is 2.24 bits per heavy atom. The van der Waals surface area contributed by atoms with Gasteiger partial charge >= 0.3 is 0 Å². The average Bonchev–Trinajstić information content (AvgIpc) is 3.22. The van der Waals surface area contributed by atoms with Crippen molar-refractivity contribution in [1.82, 2.24) is 24.6 Å². The molecule has 4 heterocycles. The van der Waals surface area contributed by atoms with Crippen LogP contribution in [0.15, 0.2) is 31.0 Å². The first-order valence-electron chi connectivity index (χ1n) is 8.63. The zero-order valence-electron chi connectivity index (χ0n) is 14.2. The van der Waals surface area contributed by atoms with Gasteiger partial charge in [-0.3, -0.25) is 19.4 Å². The van der Waals surface area contributed by atoms with Crippen molar-refractivity contribution in [3.63, 3.8) is 0 Å². The molecule has 1 N–H and O–H groups in total. The summed E-state index contributed by atoms with van der Waals surface area (Å²) >= 11 is 0. The highest BCUT2D eigenvalue weighted by Gasteiger charge is 2.41. The van der Waals surface area contributed by atoms with Crippen LogP contribution >= 0.6 is 0 Å². The Kier molecular flexibility index (Phi) is 4.46. The third-order valence-corrected chi connectivity index (χ3v) is 4.91. The van der Waals surface area contributed by atoms with Crippen LogP contribution in [-0.2, 0) is 23.1 Å². The van der Waals surface area contributed by atoms with Crippen LogP contribution in [0.3, 0.4) is 0 Å². The number of carbonyl (C=O) groups is 1. The van der Waals surface area contributed by atoms with E-state index < -0.39 is 6.10 Å². The van der Waals surface area contributed by atoms with Crippen LogP contribution in [0.2, 0.25) is 0 Å². The molecule has 2 aromatic heterocycles. The van der Waals surface area contributed by atoms with Crippen LogP contribution in [0.5, 0.6) is 0 Å². The molecule has 2 saturated heterocycles. The fourth-order valence-electron chi connectivity index (χ4n) is 3.76. The van der Waals surface area contributed by atoms with Crippen LogP contribution in [0.25, 0.3) is 0 Å². The van der Waals surface area contributed by atoms with Crippen LogP contribution < -0.4 is 5.32 Å². The number of aryl methyl sites for hydroxylation is 1. The van der Waals surface area contributed by atoms with Gasteiger partial charge in [-0.25, -0.2) is 4.98 Å². The normalized spacial score (nSPS) is 26.4. The van der Waals surface area contributed by atoms with Crippen molar-refractivity contribution in [3.8, 4) is 0 Å². The van der Waals surface area contributed by atoms with Gasteiger partial charge in [0, 0.05) is 50.3 Å². The summed E-state index contributed by atoms with van der Waals surface area (Å²) in [6.07, 6.45) is 11.0. The monoisotopic (exact) mass is 342 g/mol. The highest BCUT2D eigenvalue weighted by Crippen LogP contribution is 2.32. The summed E-state index contributed by atoms with van der Waals surface area (Å²) in [6, 6.07) is 0.376. The summed E-state index contributed by atoms with van der Waals surface area (Å²) in [5.74, 6) is 0.326. The lowest BCUT2D eigenvalue weighted by Crippen LogP contribution is -2.46. The van der Waals surface area contributed by atoms with E-state index in [4.69, 9.17) is 4.74 Å². The molecule has 25 heavy (non-hydrogen) atoms. The van der Waals surface area contributed by atoms with E-state index in [-0.39, 0.29) is 12.0 Å². The van der Waals surface area contributed by atoms with E-state index in [1.165, 1.54) is 11.8 Å². The smallest absolute Gasteiger partial charge is 0.254 e. The summed E-state index contributed by atoms with van der Waals surface area (Å²) in [5, 5.41) is 7.02. The molecular formula is C17H22N6O2. The molecule has 0 spiro atoms. The second-order valence-electron chi connectivity index (χ2n) is 6.67. The Bertz CT molecular complexity index is 734. The van der Waals surface area contributed by atoms with Gasteiger partial charge in [-0.1, -0.05) is 0 Å². The highest BCUT2D eigenvalue weighted by molar-refractivity contribution is 5.93. The molecule has 0 saturated carbocycles. The van der Waals surface area contributed by atoms with Crippen molar-refractivity contribution in [2.75, 3.05) is 11.9 Å². The predicted molar refractivity (Wildman–Crippen MR) is 90.6 cm³/mol. The molecule has 4 rings (SSSR count). The minimum Gasteiger partial charge on any atom is -0.363 e. The van der Waals surface area contributed by atoms with Gasteiger partial charge in [0.1, 0.15) is 6.10 Å². The van der Waals surface area contributed by atoms with Gasteiger partial charge in [-0.05, 0) is 19.3 Å². The summed E-state index contributed by atoms with van der Waals surface area (Å²) in [7, 11) is 1.93. The number of nitrogens with zero attached hydrogens (tertiary/aromatic N) is 5. The number of hydrogen-bond acceptors (Lipinski definition) is 6. The first-order valence-corrected chi connectivity index (χ1v) is 8.63. The van der Waals surface area contributed by atoms with Gasteiger partial charge in [0.2, 0.25) is 0 Å². The van der Waals surface area contributed by atoms with E-state index in [2.05, 4.69) is 25.3 Å². The lowest BCUT2D eigenvalue weighted by atomic mass is 9.98. The summed E-state index contributed by atoms with van der Waals surface area (Å²) in [5.41, 5.74) is 1.21. The molecule has 2 fully saturated rings. The minimum atomic E-state index is -0.415. The Hall–Kier alpha value is -2.32. The number of anilines is 1. The van der Waals surface area contributed by atoms with Crippen LogP contribution in [0, 0.1) is 0 Å². The molecule has 132 valence electrons. The SMILES string of the molecule is Cn1cc(CN2CC[C@@H]3O[C@H](C(=O)Nc4cnccn4)CC[C@@H]32)cn1. The van der Waals surface area contributed by atoms with Crippen LogP contribution in [0.4, 0.5) is 5.82 Å². The highest BCUT2D eigenvalue weighted by atomic mass is 16.5. The van der Waals surface area contributed by atoms with E-state index in [1.807, 2.05) is 24.1 Å². The molecule has 8 heteroatoms. The van der Waals surface area contributed by atoms with Crippen molar-refractivity contribution in [2.45, 2.75) is 44.1 Å². The maximum atomic E-state index is 12.4. The van der Waals surface area contributed by atoms with Gasteiger partial charge in [-0.2, -0.15) is 5.10 Å². The zero-order valence-corrected chi connectivity index (χ0v) is 14.2. The molecule has 0 unspecified atom stereocenters. The van der Waals surface area contributed by atoms with E-state index in [1.54, 1.807) is 12.4 Å². The van der Waals surface area contributed by atoms with Crippen molar-refractivity contribution in [3.05, 3.63) is 36.5 Å². The van der Waals surface area contributed by atoms with Gasteiger partial charge in [-0.15, -0.1) is 0 Å². The number of nitrogens with one attached hydrogen (secondary N) is 1. The minimum absolute atomic E-state index is 0.114. The third-order valence-electron chi connectivity index (χ3n) is 4.91. The fraction of sp³-hybridized carbons (Fsp3) is 0.529. The molecule has 0 aliphatic carbocycles. The van der Waals surface area contributed by atoms with E-state index in [0.29, 0.717) is 11.9 Å². The van der Waals surface area contributed by atoms with Gasteiger partial charge in [0.15, 0.2) is 5.82 Å². The topological polar surface area (TPSA) is 85.2 Å². The standard InChI is InChI=1S/C17H22N6O2/c1-22-10-12(8-20-22)11-23-7-4-14-13(23)2-3-15(25-14)17(24)21-16-9-18-5-6-19-16/h5-6,8-10,13-15H,2-4,7,11H2,1H3,(H,19,21,24)/t13-,14-,15-/m0/s1. The second-order valence-corrected chi connectivity index (χ2v) is 6.67. The zero-order chi connectivity index (χ0) is 17.2. The number of carbonyl (C=O) groups excluding carboxylic acids is 1. The molecule has 2 aliphatic heterocycles. The molecule has 2 aromatic rings. The molecule has 0 radical (unpaired) electrons. The van der Waals surface area contributed by atoms with E-state index >= 15 is 0 Å². The van der Waals surface area contributed by atoms with E-state index in [0.717, 1.165) is 32.4 Å². The van der Waals surface area contributed by atoms with Gasteiger partial charge < -0.3 is 10.1 Å². The van der Waals surface area contributed by atoms with E-state index in [9.17, 15) is 4.79 Å². The number of rotatable bonds is 4. The van der Waals surface area contributed by atoms with Crippen molar-refractivity contribution < 1.29 is 9.53 Å². The van der Waals surface area contributed by atoms with Crippen molar-refractivity contribution >= 4 is 11.7 Å². The Labute approximate surface area is 146 Å². The average molecular weight is 342 g/mol. The molecule has 0 aromatic carbocycles. The number of fused-ring (bicyclic) bond motifs is 1. The van der Waals surface area contributed by atoms with Gasteiger partial charge in [0.05, 0.1) is 18.5 Å². The van der Waals surface area contributed by atoms with Crippen LogP contribution in [0.1, 0.15) is 24.8 Å². The molecule has 8 nitrogen and oxygen atoms in total. The Morgan fingerprint density at radius 3 is 3.00 bits per heavy atom. The second kappa shape index (κ2) is 6.89. The number of ether oxygens (including phenoxy) is 1. The maximum Gasteiger partial charge on any atom is 0.254 e. The van der Waals surface area contributed by atoms with Crippen LogP contribution in [-0.4, -0.2) is 55.4 Å². The first kappa shape index (κ1) is 16.2. The third kappa shape index (κ3) is 3.54. The molecule has 0 bridgehead atoms. The number of likely N-dealkylation sites (tertiary alicyclic amines) is 1. The molecule has 1 amide bonds. The maximum absolute atomic E-state index is 12.4. The lowest BCUT2D eigenvalue weighted by molar-refractivity contribution is -0.138. The van der Waals surface area contributed by atoms with Gasteiger partial charge in [0.25, 0.3) is 5.91 Å². The summed E-state index contributed by atoms with van der Waals surface area (Å²) < 4.78 is 7.92. The van der Waals surface area contributed by atoms with Crippen molar-refractivity contribution in [2.24, 2.45) is 7.05 Å². The first-order chi connectivity index (χ1) is 12.2. The van der Waals surface area contributed by atoms with Crippen molar-refractivity contribution in [1.29, 1.82) is 0 Å². The predicted octanol–water partition coefficient (Wildman–Crippen LogP) is 0.971. The molecule has 3 atom stereocenters.